The summed E-state index contributed by atoms with van der Waals surface area (Å²) in [6.07, 6.45) is -4.12. The van der Waals surface area contributed by atoms with Crippen molar-refractivity contribution in [1.82, 2.24) is 5.32 Å². The molecule has 2 aromatic heterocycles. The average molecular weight is 764 g/mol. The second-order valence-corrected chi connectivity index (χ2v) is 14.0. The minimum atomic E-state index is -4.99. The Bertz CT molecular complexity index is 1930. The Kier molecular flexibility index (Phi) is 11.9. The molecule has 0 radical (unpaired) electrons. The molecule has 5 N–H and O–H groups in total. The molecule has 2 aromatic carbocycles. The van der Waals surface area contributed by atoms with Crippen molar-refractivity contribution in [2.75, 3.05) is 25.8 Å². The Labute approximate surface area is 293 Å². The SMILES string of the molecule is COc1ccc(C(=O)Nc2c(Cl)c[n+]([O-])cc2Cl)c2ccc(C(F)(F)F)[n+](Cc3ccc(C(O)CNC(C)(C)C)cc3OCOP(=O)(O)O)c12. The Morgan fingerprint density at radius 3 is 2.28 bits per heavy atom. The highest BCUT2D eigenvalue weighted by molar-refractivity contribution is 7.46. The van der Waals surface area contributed by atoms with Gasteiger partial charge in [-0.3, -0.25) is 4.79 Å². The summed E-state index contributed by atoms with van der Waals surface area (Å²) in [6, 6.07) is 8.66. The van der Waals surface area contributed by atoms with E-state index in [0.29, 0.717) is 4.73 Å². The lowest BCUT2D eigenvalue weighted by Gasteiger charge is -2.23. The van der Waals surface area contributed by atoms with Gasteiger partial charge in [0, 0.05) is 18.2 Å². The number of carbonyl (C=O) groups is 1. The molecule has 19 heteroatoms. The summed E-state index contributed by atoms with van der Waals surface area (Å²) in [5.41, 5.74) is -1.51. The molecule has 1 amide bonds. The smallest absolute Gasteiger partial charge is 0.477 e. The molecule has 0 spiro atoms. The number of aliphatic hydroxyl groups is 1. The minimum absolute atomic E-state index is 0.0181. The number of pyridine rings is 2. The van der Waals surface area contributed by atoms with Gasteiger partial charge in [-0.25, -0.2) is 9.09 Å². The number of amides is 1. The van der Waals surface area contributed by atoms with E-state index >= 15 is 0 Å². The van der Waals surface area contributed by atoms with Crippen molar-refractivity contribution in [1.29, 1.82) is 0 Å². The van der Waals surface area contributed by atoms with Gasteiger partial charge >= 0.3 is 14.0 Å². The molecule has 270 valence electrons. The molecule has 0 saturated carbocycles. The minimum Gasteiger partial charge on any atom is -0.619 e. The number of aliphatic hydroxyl groups excluding tert-OH is 1. The predicted octanol–water partition coefficient (Wildman–Crippen LogP) is 5.26. The highest BCUT2D eigenvalue weighted by Crippen LogP contribution is 2.37. The van der Waals surface area contributed by atoms with Crippen molar-refractivity contribution < 1.29 is 60.7 Å². The largest absolute Gasteiger partial charge is 0.619 e. The fourth-order valence-corrected chi connectivity index (χ4v) is 5.61. The van der Waals surface area contributed by atoms with Gasteiger partial charge in [0.05, 0.1) is 35.4 Å². The molecule has 0 aliphatic rings. The molecule has 2 heterocycles. The molecule has 0 fully saturated rings. The van der Waals surface area contributed by atoms with Crippen LogP contribution in [-0.2, 0) is 21.8 Å². The van der Waals surface area contributed by atoms with Gasteiger partial charge in [0.1, 0.15) is 15.8 Å². The third kappa shape index (κ3) is 9.74. The van der Waals surface area contributed by atoms with Crippen LogP contribution in [0.5, 0.6) is 11.5 Å². The van der Waals surface area contributed by atoms with Crippen LogP contribution in [0.25, 0.3) is 10.9 Å². The molecule has 50 heavy (non-hydrogen) atoms. The number of phosphoric acid groups is 1. The number of anilines is 1. The highest BCUT2D eigenvalue weighted by atomic mass is 35.5. The summed E-state index contributed by atoms with van der Waals surface area (Å²) in [5.74, 6) is -1.02. The number of rotatable bonds is 12. The lowest BCUT2D eigenvalue weighted by atomic mass is 10.0. The van der Waals surface area contributed by atoms with Gasteiger partial charge in [0.2, 0.25) is 12.4 Å². The number of aromatic nitrogens is 2. The first kappa shape index (κ1) is 39.1. The lowest BCUT2D eigenvalue weighted by molar-refractivity contribution is -0.682. The first-order chi connectivity index (χ1) is 23.2. The summed E-state index contributed by atoms with van der Waals surface area (Å²) < 4.78 is 71.6. The van der Waals surface area contributed by atoms with Crippen LogP contribution in [0.15, 0.2) is 54.9 Å². The highest BCUT2D eigenvalue weighted by Gasteiger charge is 2.43. The van der Waals surface area contributed by atoms with Crippen LogP contribution < -0.4 is 29.4 Å². The number of benzene rings is 2. The van der Waals surface area contributed by atoms with E-state index in [9.17, 15) is 32.8 Å². The maximum Gasteiger partial charge on any atom is 0.477 e. The number of nitrogens with zero attached hydrogens (tertiary/aromatic N) is 2. The van der Waals surface area contributed by atoms with Crippen molar-refractivity contribution in [3.05, 3.63) is 92.5 Å². The number of fused-ring (bicyclic) bond motifs is 1. The van der Waals surface area contributed by atoms with Gasteiger partial charge in [-0.1, -0.05) is 29.3 Å². The zero-order valence-corrected chi connectivity index (χ0v) is 29.3. The summed E-state index contributed by atoms with van der Waals surface area (Å²) in [4.78, 5) is 31.8. The molecule has 13 nitrogen and oxygen atoms in total. The van der Waals surface area contributed by atoms with E-state index in [0.717, 1.165) is 29.1 Å². The molecule has 0 aliphatic carbocycles. The Hall–Kier alpha value is -3.73. The van der Waals surface area contributed by atoms with Gasteiger partial charge in [0.25, 0.3) is 17.1 Å². The summed E-state index contributed by atoms with van der Waals surface area (Å²) in [5, 5.41) is 27.8. The van der Waals surface area contributed by atoms with Crippen molar-refractivity contribution >= 4 is 53.5 Å². The van der Waals surface area contributed by atoms with Gasteiger partial charge in [-0.05, 0) is 56.7 Å². The van der Waals surface area contributed by atoms with Crippen LogP contribution in [0.2, 0.25) is 10.0 Å². The van der Waals surface area contributed by atoms with Crippen molar-refractivity contribution in [3.8, 4) is 11.5 Å². The van der Waals surface area contributed by atoms with E-state index in [1.165, 1.54) is 37.4 Å². The van der Waals surface area contributed by atoms with E-state index in [4.69, 9.17) is 42.5 Å². The van der Waals surface area contributed by atoms with Crippen LogP contribution in [0.3, 0.4) is 0 Å². The standard InChI is InChI=1S/C31H32Cl2F3N4O9P/c1-30(2,3)37-12-23(41)17-5-6-18(25(11-17)48-16-49-50(44,45)46)13-40-26(31(34,35)36)10-8-19-20(7-9-24(47-4)28(19)40)29(42)38-27-21(32)14-39(43)15-22(27)33/h5-11,14-15,23,37,41H,12-13,16H2,1-4H3,(H2-,38,42,44,45,46)/p+1. The molecule has 1 unspecified atom stereocenters. The molecular weight excluding hydrogens is 731 g/mol. The maximum absolute atomic E-state index is 14.6. The zero-order chi connectivity index (χ0) is 37.2. The fraction of sp³-hybridized carbons (Fsp3) is 0.323. The Balaban J connectivity index is 1.87. The number of alkyl halides is 3. The normalized spacial score (nSPS) is 13.0. The number of ether oxygens (including phenoxy) is 2. The van der Waals surface area contributed by atoms with Crippen LogP contribution in [-0.4, -0.2) is 46.8 Å². The Morgan fingerprint density at radius 1 is 1.04 bits per heavy atom. The molecule has 4 aromatic rings. The van der Waals surface area contributed by atoms with Crippen LogP contribution in [0.4, 0.5) is 18.9 Å². The third-order valence-electron chi connectivity index (χ3n) is 7.17. The van der Waals surface area contributed by atoms with E-state index in [1.54, 1.807) is 0 Å². The number of hydrogen-bond donors (Lipinski definition) is 5. The lowest BCUT2D eigenvalue weighted by Crippen LogP contribution is -2.44. The van der Waals surface area contributed by atoms with Crippen LogP contribution in [0, 0.1) is 5.21 Å². The molecule has 0 aliphatic heterocycles. The number of hydrogen-bond acceptors (Lipinski definition) is 8. The van der Waals surface area contributed by atoms with Gasteiger partial charge in [-0.2, -0.15) is 22.5 Å². The first-order valence-corrected chi connectivity index (χ1v) is 16.9. The summed E-state index contributed by atoms with van der Waals surface area (Å²) in [7, 11) is -3.76. The second-order valence-electron chi connectivity index (χ2n) is 11.9. The topological polar surface area (TPSA) is 177 Å². The van der Waals surface area contributed by atoms with Gasteiger partial charge in [-0.15, -0.1) is 0 Å². The van der Waals surface area contributed by atoms with E-state index in [-0.39, 0.29) is 66.9 Å². The van der Waals surface area contributed by atoms with E-state index in [2.05, 4.69) is 15.2 Å². The number of methoxy groups -OCH3 is 1. The van der Waals surface area contributed by atoms with Gasteiger partial charge < -0.3 is 40.2 Å². The van der Waals surface area contributed by atoms with Gasteiger partial charge in [0.15, 0.2) is 19.1 Å². The van der Waals surface area contributed by atoms with E-state index < -0.39 is 45.0 Å². The zero-order valence-electron chi connectivity index (χ0n) is 26.9. The monoisotopic (exact) mass is 763 g/mol. The fourth-order valence-electron chi connectivity index (χ4n) is 4.88. The first-order valence-electron chi connectivity index (χ1n) is 14.6. The number of carbonyl (C=O) groups excluding carboxylic acids is 1. The maximum atomic E-state index is 14.6. The van der Waals surface area contributed by atoms with E-state index in [1.807, 2.05) is 20.8 Å². The number of nitrogens with one attached hydrogen (secondary N) is 2. The number of phosphoric ester groups is 1. The second kappa shape index (κ2) is 15.3. The van der Waals surface area contributed by atoms with Crippen LogP contribution in [0.1, 0.15) is 54.1 Å². The molecule has 4 rings (SSSR count). The summed E-state index contributed by atoms with van der Waals surface area (Å²) >= 11 is 12.2. The quantitative estimate of drug-likeness (QED) is 0.0554. The number of β-amino-alcohol motifs (C(OH)–C–C–N with tert-alkyl or cyclic N) is 1. The van der Waals surface area contributed by atoms with Crippen LogP contribution >= 0.6 is 31.0 Å². The average Bonchev–Trinajstić information content (AvgIpc) is 3.00. The molecule has 1 atom stereocenters. The predicted molar refractivity (Wildman–Crippen MR) is 176 cm³/mol. The number of halogens is 5. The van der Waals surface area contributed by atoms with Crippen molar-refractivity contribution in [2.24, 2.45) is 0 Å². The molecular formula is C31H33Cl2F3N4O9P+. The third-order valence-corrected chi connectivity index (χ3v) is 8.18. The molecule has 0 bridgehead atoms. The Morgan fingerprint density at radius 2 is 1.70 bits per heavy atom. The van der Waals surface area contributed by atoms with Crippen molar-refractivity contribution in [3.63, 3.8) is 0 Å². The van der Waals surface area contributed by atoms with Crippen molar-refractivity contribution in [2.45, 2.75) is 45.1 Å². The molecule has 0 saturated heterocycles. The summed E-state index contributed by atoms with van der Waals surface area (Å²) in [6.45, 7) is 4.19.